The summed E-state index contributed by atoms with van der Waals surface area (Å²) in [4.78, 5) is 28.9. The van der Waals surface area contributed by atoms with Crippen LogP contribution in [0.5, 0.6) is 5.88 Å². The van der Waals surface area contributed by atoms with E-state index >= 15 is 0 Å². The SMILES string of the molecule is CC(=O)CC1(NC(=O)c2ccc(C3CC3)c(OCC3CC3)n2)CCOC1. The van der Waals surface area contributed by atoms with Crippen LogP contribution < -0.4 is 10.1 Å². The van der Waals surface area contributed by atoms with Crippen LogP contribution in [0.4, 0.5) is 0 Å². The van der Waals surface area contributed by atoms with Crippen LogP contribution in [0, 0.1) is 5.92 Å². The van der Waals surface area contributed by atoms with Gasteiger partial charge in [0.05, 0.1) is 18.8 Å². The molecule has 0 radical (unpaired) electrons. The summed E-state index contributed by atoms with van der Waals surface area (Å²) in [5.41, 5.74) is 0.842. The van der Waals surface area contributed by atoms with Crippen molar-refractivity contribution in [2.75, 3.05) is 19.8 Å². The number of nitrogens with one attached hydrogen (secondary N) is 1. The highest BCUT2D eigenvalue weighted by atomic mass is 16.5. The Balaban J connectivity index is 1.50. The summed E-state index contributed by atoms with van der Waals surface area (Å²) >= 11 is 0. The number of aromatic nitrogens is 1. The zero-order chi connectivity index (χ0) is 18.1. The first-order valence-corrected chi connectivity index (χ1v) is 9.58. The molecule has 26 heavy (non-hydrogen) atoms. The van der Waals surface area contributed by atoms with Gasteiger partial charge in [-0.05, 0) is 56.9 Å². The Labute approximate surface area is 153 Å². The fourth-order valence-corrected chi connectivity index (χ4v) is 3.55. The Kier molecular flexibility index (Phi) is 4.69. The van der Waals surface area contributed by atoms with Crippen LogP contribution >= 0.6 is 0 Å². The molecule has 1 aromatic heterocycles. The molecule has 4 rings (SSSR count). The van der Waals surface area contributed by atoms with Gasteiger partial charge in [-0.1, -0.05) is 6.07 Å². The number of carbonyl (C=O) groups is 2. The molecule has 1 amide bonds. The number of Topliss-reactive ketones (excluding diaryl/α,β-unsaturated/α-hetero) is 1. The number of amides is 1. The zero-order valence-corrected chi connectivity index (χ0v) is 15.3. The minimum Gasteiger partial charge on any atom is -0.477 e. The maximum Gasteiger partial charge on any atom is 0.270 e. The lowest BCUT2D eigenvalue weighted by atomic mass is 9.92. The molecule has 0 aromatic carbocycles. The Hall–Kier alpha value is -1.95. The maximum atomic E-state index is 12.8. The predicted molar refractivity (Wildman–Crippen MR) is 95.4 cm³/mol. The van der Waals surface area contributed by atoms with Crippen LogP contribution in [-0.4, -0.2) is 42.0 Å². The summed E-state index contributed by atoms with van der Waals surface area (Å²) in [6, 6.07) is 3.74. The van der Waals surface area contributed by atoms with E-state index < -0.39 is 5.54 Å². The molecule has 1 aliphatic heterocycles. The summed E-state index contributed by atoms with van der Waals surface area (Å²) in [5, 5.41) is 3.01. The summed E-state index contributed by atoms with van der Waals surface area (Å²) in [6.07, 6.45) is 5.67. The van der Waals surface area contributed by atoms with E-state index in [2.05, 4.69) is 10.3 Å². The van der Waals surface area contributed by atoms with E-state index in [1.54, 1.807) is 13.0 Å². The van der Waals surface area contributed by atoms with Gasteiger partial charge in [-0.2, -0.15) is 0 Å². The minimum atomic E-state index is -0.616. The molecular weight excluding hydrogens is 332 g/mol. The number of hydrogen-bond acceptors (Lipinski definition) is 5. The van der Waals surface area contributed by atoms with Crippen molar-refractivity contribution in [1.82, 2.24) is 10.3 Å². The first-order chi connectivity index (χ1) is 12.5. The molecule has 2 saturated carbocycles. The number of nitrogens with zero attached hydrogens (tertiary/aromatic N) is 1. The number of rotatable bonds is 8. The third-order valence-electron chi connectivity index (χ3n) is 5.36. The Morgan fingerprint density at radius 1 is 1.31 bits per heavy atom. The summed E-state index contributed by atoms with van der Waals surface area (Å²) in [7, 11) is 0. The smallest absolute Gasteiger partial charge is 0.270 e. The van der Waals surface area contributed by atoms with Crippen LogP contribution in [0.1, 0.15) is 67.4 Å². The topological polar surface area (TPSA) is 77.5 Å². The lowest BCUT2D eigenvalue weighted by Gasteiger charge is -2.27. The minimum absolute atomic E-state index is 0.0429. The van der Waals surface area contributed by atoms with Crippen LogP contribution in [0.3, 0.4) is 0 Å². The highest BCUT2D eigenvalue weighted by Crippen LogP contribution is 2.44. The number of ether oxygens (including phenoxy) is 2. The second-order valence-corrected chi connectivity index (χ2v) is 8.04. The second kappa shape index (κ2) is 6.99. The monoisotopic (exact) mass is 358 g/mol. The first kappa shape index (κ1) is 17.5. The molecule has 2 aliphatic carbocycles. The lowest BCUT2D eigenvalue weighted by Crippen LogP contribution is -2.50. The van der Waals surface area contributed by atoms with Crippen LogP contribution in [0.15, 0.2) is 12.1 Å². The van der Waals surface area contributed by atoms with E-state index in [4.69, 9.17) is 9.47 Å². The quantitative estimate of drug-likeness (QED) is 0.773. The van der Waals surface area contributed by atoms with Crippen molar-refractivity contribution in [3.05, 3.63) is 23.4 Å². The third kappa shape index (κ3) is 4.06. The molecule has 0 spiro atoms. The van der Waals surface area contributed by atoms with Crippen molar-refractivity contribution in [1.29, 1.82) is 0 Å². The number of carbonyl (C=O) groups excluding carboxylic acids is 2. The van der Waals surface area contributed by atoms with E-state index in [0.29, 0.717) is 49.7 Å². The van der Waals surface area contributed by atoms with Gasteiger partial charge in [-0.25, -0.2) is 4.98 Å². The highest BCUT2D eigenvalue weighted by Gasteiger charge is 2.38. The summed E-state index contributed by atoms with van der Waals surface area (Å²) in [6.45, 7) is 3.14. The molecule has 3 fully saturated rings. The van der Waals surface area contributed by atoms with E-state index in [9.17, 15) is 9.59 Å². The normalized spacial score (nSPS) is 25.1. The van der Waals surface area contributed by atoms with Gasteiger partial charge in [0.15, 0.2) is 0 Å². The summed E-state index contributed by atoms with van der Waals surface area (Å²) in [5.74, 6) is 1.53. The number of pyridine rings is 1. The molecule has 140 valence electrons. The highest BCUT2D eigenvalue weighted by molar-refractivity contribution is 5.93. The Bertz CT molecular complexity index is 704. The molecule has 1 N–H and O–H groups in total. The van der Waals surface area contributed by atoms with Gasteiger partial charge >= 0.3 is 0 Å². The Morgan fingerprint density at radius 2 is 2.12 bits per heavy atom. The molecule has 3 aliphatic rings. The lowest BCUT2D eigenvalue weighted by molar-refractivity contribution is -0.118. The molecular formula is C20H26N2O4. The molecule has 1 unspecified atom stereocenters. The molecule has 1 atom stereocenters. The van der Waals surface area contributed by atoms with Gasteiger partial charge in [0.2, 0.25) is 5.88 Å². The van der Waals surface area contributed by atoms with Crippen LogP contribution in [0.2, 0.25) is 0 Å². The fourth-order valence-electron chi connectivity index (χ4n) is 3.55. The van der Waals surface area contributed by atoms with Crippen LogP contribution in [-0.2, 0) is 9.53 Å². The molecule has 6 nitrogen and oxygen atoms in total. The fraction of sp³-hybridized carbons (Fsp3) is 0.650. The van der Waals surface area contributed by atoms with Gasteiger partial charge in [-0.15, -0.1) is 0 Å². The van der Waals surface area contributed by atoms with E-state index in [0.717, 1.165) is 18.4 Å². The predicted octanol–water partition coefficient (Wildman–Crippen LogP) is 2.62. The summed E-state index contributed by atoms with van der Waals surface area (Å²) < 4.78 is 11.4. The van der Waals surface area contributed by atoms with E-state index in [-0.39, 0.29) is 18.1 Å². The van der Waals surface area contributed by atoms with Crippen molar-refractivity contribution in [3.63, 3.8) is 0 Å². The van der Waals surface area contributed by atoms with Crippen molar-refractivity contribution >= 4 is 11.7 Å². The maximum absolute atomic E-state index is 12.8. The van der Waals surface area contributed by atoms with E-state index in [1.165, 1.54) is 12.8 Å². The third-order valence-corrected chi connectivity index (χ3v) is 5.36. The second-order valence-electron chi connectivity index (χ2n) is 8.04. The van der Waals surface area contributed by atoms with Crippen molar-refractivity contribution in [2.45, 2.75) is 56.9 Å². The zero-order valence-electron chi connectivity index (χ0n) is 15.3. The van der Waals surface area contributed by atoms with E-state index in [1.807, 2.05) is 6.07 Å². The largest absolute Gasteiger partial charge is 0.477 e. The number of hydrogen-bond donors (Lipinski definition) is 1. The molecule has 1 aromatic rings. The van der Waals surface area contributed by atoms with Crippen molar-refractivity contribution in [3.8, 4) is 5.88 Å². The average molecular weight is 358 g/mol. The first-order valence-electron chi connectivity index (χ1n) is 9.58. The van der Waals surface area contributed by atoms with Crippen molar-refractivity contribution < 1.29 is 19.1 Å². The Morgan fingerprint density at radius 3 is 2.73 bits per heavy atom. The molecule has 6 heteroatoms. The van der Waals surface area contributed by atoms with Gasteiger partial charge < -0.3 is 14.8 Å². The standard InChI is InChI=1S/C20H26N2O4/c1-13(23)10-20(8-9-25-12-20)22-18(24)17-7-6-16(15-4-5-15)19(21-17)26-11-14-2-3-14/h6-7,14-15H,2-5,8-12H2,1H3,(H,22,24). The molecule has 1 saturated heterocycles. The van der Waals surface area contributed by atoms with Gasteiger partial charge in [0, 0.05) is 18.6 Å². The van der Waals surface area contributed by atoms with Crippen molar-refractivity contribution in [2.24, 2.45) is 5.92 Å². The number of ketones is 1. The van der Waals surface area contributed by atoms with Gasteiger partial charge in [0.25, 0.3) is 5.91 Å². The van der Waals surface area contributed by atoms with Crippen LogP contribution in [0.25, 0.3) is 0 Å². The average Bonchev–Trinajstić information content (AvgIpc) is 3.52. The van der Waals surface area contributed by atoms with Gasteiger partial charge in [0.1, 0.15) is 11.5 Å². The van der Waals surface area contributed by atoms with Gasteiger partial charge in [-0.3, -0.25) is 9.59 Å². The molecule has 2 heterocycles. The molecule has 0 bridgehead atoms.